The van der Waals surface area contributed by atoms with Gasteiger partial charge in [-0.2, -0.15) is 4.39 Å². The minimum atomic E-state index is -1.01. The molecule has 21 heavy (non-hydrogen) atoms. The van der Waals surface area contributed by atoms with Crippen molar-refractivity contribution in [2.75, 3.05) is 20.7 Å². The van der Waals surface area contributed by atoms with Gasteiger partial charge in [-0.25, -0.2) is 0 Å². The van der Waals surface area contributed by atoms with Gasteiger partial charge in [0.05, 0.1) is 18.0 Å². The fourth-order valence-corrected chi connectivity index (χ4v) is 1.78. The minimum absolute atomic E-state index is 0.0253. The number of hydrogen-bond acceptors (Lipinski definition) is 5. The normalized spacial score (nSPS) is 11.6. The number of nitro benzene ring substituents is 1. The number of carbonyl (C=O) groups excluding carboxylic acids is 2. The zero-order valence-corrected chi connectivity index (χ0v) is 11.8. The molecule has 0 saturated carbocycles. The molecule has 0 spiro atoms. The van der Waals surface area contributed by atoms with Crippen molar-refractivity contribution in [3.05, 3.63) is 39.7 Å². The Bertz CT molecular complexity index is 576. The molecular weight excluding hydrogens is 283 g/mol. The number of methoxy groups -OCH3 is 1. The van der Waals surface area contributed by atoms with Gasteiger partial charge in [0.25, 0.3) is 5.91 Å². The molecular formula is C13H15FN2O5. The smallest absolute Gasteiger partial charge is 0.310 e. The lowest BCUT2D eigenvalue weighted by Crippen LogP contribution is -2.34. The van der Waals surface area contributed by atoms with E-state index in [1.54, 1.807) is 6.92 Å². The van der Waals surface area contributed by atoms with Crippen molar-refractivity contribution in [1.29, 1.82) is 0 Å². The first-order valence-corrected chi connectivity index (χ1v) is 6.05. The predicted octanol–water partition coefficient (Wildman–Crippen LogP) is 1.61. The van der Waals surface area contributed by atoms with E-state index in [0.717, 1.165) is 18.2 Å². The fraction of sp³-hybridized carbons (Fsp3) is 0.385. The Morgan fingerprint density at radius 2 is 2.10 bits per heavy atom. The number of halogens is 1. The summed E-state index contributed by atoms with van der Waals surface area (Å²) in [5.41, 5.74) is -0.794. The lowest BCUT2D eigenvalue weighted by atomic mass is 10.1. The van der Waals surface area contributed by atoms with Crippen LogP contribution in [0.2, 0.25) is 0 Å². The molecule has 114 valence electrons. The van der Waals surface area contributed by atoms with Gasteiger partial charge in [-0.1, -0.05) is 6.92 Å². The molecule has 1 rings (SSSR count). The molecule has 0 aliphatic rings. The third-order valence-electron chi connectivity index (χ3n) is 2.89. The van der Waals surface area contributed by atoms with Gasteiger partial charge < -0.3 is 9.64 Å². The summed E-state index contributed by atoms with van der Waals surface area (Å²) in [6.07, 6.45) is 0. The van der Waals surface area contributed by atoms with Crippen molar-refractivity contribution in [2.24, 2.45) is 5.92 Å². The van der Waals surface area contributed by atoms with Crippen molar-refractivity contribution in [2.45, 2.75) is 6.92 Å². The van der Waals surface area contributed by atoms with Crippen LogP contribution < -0.4 is 0 Å². The molecule has 7 nitrogen and oxygen atoms in total. The molecule has 1 aromatic rings. The zero-order valence-electron chi connectivity index (χ0n) is 11.8. The van der Waals surface area contributed by atoms with Crippen molar-refractivity contribution >= 4 is 17.6 Å². The molecule has 0 radical (unpaired) electrons. The standard InChI is InChI=1S/C13H15FN2O5/c1-8(13(18)21-3)7-15(2)12(17)9-4-5-10(14)11(6-9)16(19)20/h4-6,8H,7H2,1-3H3. The monoisotopic (exact) mass is 298 g/mol. The van der Waals surface area contributed by atoms with Crippen LogP contribution in [0.25, 0.3) is 0 Å². The van der Waals surface area contributed by atoms with Gasteiger partial charge >= 0.3 is 11.7 Å². The molecule has 1 aromatic carbocycles. The Morgan fingerprint density at radius 1 is 1.48 bits per heavy atom. The highest BCUT2D eigenvalue weighted by Crippen LogP contribution is 2.19. The van der Waals surface area contributed by atoms with E-state index < -0.39 is 34.2 Å². The number of nitrogens with zero attached hydrogens (tertiary/aromatic N) is 2. The molecule has 1 unspecified atom stereocenters. The highest BCUT2D eigenvalue weighted by Gasteiger charge is 2.22. The number of benzene rings is 1. The van der Waals surface area contributed by atoms with Gasteiger partial charge in [0.1, 0.15) is 0 Å². The molecule has 0 aliphatic carbocycles. The van der Waals surface area contributed by atoms with Crippen LogP contribution in [0.5, 0.6) is 0 Å². The second kappa shape index (κ2) is 6.78. The summed E-state index contributed by atoms with van der Waals surface area (Å²) < 4.78 is 17.8. The quantitative estimate of drug-likeness (QED) is 0.468. The third kappa shape index (κ3) is 3.98. The lowest BCUT2D eigenvalue weighted by Gasteiger charge is -2.20. The van der Waals surface area contributed by atoms with Crippen LogP contribution in [0, 0.1) is 21.8 Å². The zero-order chi connectivity index (χ0) is 16.2. The maximum atomic E-state index is 13.2. The van der Waals surface area contributed by atoms with Crippen LogP contribution in [0.1, 0.15) is 17.3 Å². The Morgan fingerprint density at radius 3 is 2.62 bits per heavy atom. The van der Waals surface area contributed by atoms with Gasteiger partial charge in [-0.3, -0.25) is 19.7 Å². The molecule has 0 bridgehead atoms. The minimum Gasteiger partial charge on any atom is -0.469 e. The van der Waals surface area contributed by atoms with Crippen LogP contribution in [-0.2, 0) is 9.53 Å². The average molecular weight is 298 g/mol. The van der Waals surface area contributed by atoms with Crippen molar-refractivity contribution in [3.63, 3.8) is 0 Å². The summed E-state index contributed by atoms with van der Waals surface area (Å²) in [4.78, 5) is 34.4. The number of ether oxygens (including phenoxy) is 1. The molecule has 0 saturated heterocycles. The number of amides is 1. The maximum Gasteiger partial charge on any atom is 0.310 e. The Kier molecular flexibility index (Phi) is 5.34. The van der Waals surface area contributed by atoms with Crippen LogP contribution in [0.4, 0.5) is 10.1 Å². The van der Waals surface area contributed by atoms with Crippen LogP contribution in [0.3, 0.4) is 0 Å². The predicted molar refractivity (Wildman–Crippen MR) is 71.2 cm³/mol. The highest BCUT2D eigenvalue weighted by molar-refractivity contribution is 5.95. The van der Waals surface area contributed by atoms with Crippen LogP contribution in [0.15, 0.2) is 18.2 Å². The molecule has 0 heterocycles. The van der Waals surface area contributed by atoms with E-state index >= 15 is 0 Å². The van der Waals surface area contributed by atoms with E-state index in [9.17, 15) is 24.1 Å². The summed E-state index contributed by atoms with van der Waals surface area (Å²) in [7, 11) is 2.68. The average Bonchev–Trinajstić information content (AvgIpc) is 2.45. The van der Waals surface area contributed by atoms with Gasteiger partial charge in [-0.05, 0) is 12.1 Å². The molecule has 0 fully saturated rings. The molecule has 0 aromatic heterocycles. The van der Waals surface area contributed by atoms with E-state index in [-0.39, 0.29) is 12.1 Å². The third-order valence-corrected chi connectivity index (χ3v) is 2.89. The fourth-order valence-electron chi connectivity index (χ4n) is 1.78. The summed E-state index contributed by atoms with van der Waals surface area (Å²) in [6.45, 7) is 1.67. The molecule has 0 N–H and O–H groups in total. The Labute approximate surface area is 120 Å². The largest absolute Gasteiger partial charge is 0.469 e. The number of rotatable bonds is 5. The first kappa shape index (κ1) is 16.5. The summed E-state index contributed by atoms with van der Waals surface area (Å²) in [6, 6.07) is 2.89. The van der Waals surface area contributed by atoms with E-state index in [1.165, 1.54) is 19.1 Å². The summed E-state index contributed by atoms with van der Waals surface area (Å²) in [5.74, 6) is -2.57. The number of nitro groups is 1. The number of carbonyl (C=O) groups is 2. The second-order valence-electron chi connectivity index (χ2n) is 4.53. The van der Waals surface area contributed by atoms with Gasteiger partial charge in [0, 0.05) is 25.2 Å². The second-order valence-corrected chi connectivity index (χ2v) is 4.53. The Hall–Kier alpha value is -2.51. The van der Waals surface area contributed by atoms with Gasteiger partial charge in [0.2, 0.25) is 5.82 Å². The maximum absolute atomic E-state index is 13.2. The molecule has 1 amide bonds. The van der Waals surface area contributed by atoms with E-state index in [0.29, 0.717) is 0 Å². The van der Waals surface area contributed by atoms with Crippen molar-refractivity contribution in [1.82, 2.24) is 4.90 Å². The van der Waals surface area contributed by atoms with Gasteiger partial charge in [0.15, 0.2) is 0 Å². The summed E-state index contributed by atoms with van der Waals surface area (Å²) >= 11 is 0. The molecule has 8 heteroatoms. The van der Waals surface area contributed by atoms with Crippen molar-refractivity contribution in [3.8, 4) is 0 Å². The highest BCUT2D eigenvalue weighted by atomic mass is 19.1. The van der Waals surface area contributed by atoms with E-state index in [2.05, 4.69) is 4.74 Å². The van der Waals surface area contributed by atoms with E-state index in [1.807, 2.05) is 0 Å². The van der Waals surface area contributed by atoms with Crippen molar-refractivity contribution < 1.29 is 23.6 Å². The molecule has 1 atom stereocenters. The SMILES string of the molecule is COC(=O)C(C)CN(C)C(=O)c1ccc(F)c([N+](=O)[O-])c1. The first-order chi connectivity index (χ1) is 9.77. The Balaban J connectivity index is 2.90. The van der Waals surface area contributed by atoms with Crippen LogP contribution >= 0.6 is 0 Å². The number of esters is 1. The molecule has 0 aliphatic heterocycles. The van der Waals surface area contributed by atoms with Gasteiger partial charge in [-0.15, -0.1) is 0 Å². The van der Waals surface area contributed by atoms with E-state index in [4.69, 9.17) is 0 Å². The van der Waals surface area contributed by atoms with Crippen LogP contribution in [-0.4, -0.2) is 42.4 Å². The summed E-state index contributed by atoms with van der Waals surface area (Å²) in [5, 5.41) is 10.7. The topological polar surface area (TPSA) is 89.8 Å². The lowest BCUT2D eigenvalue weighted by molar-refractivity contribution is -0.387. The first-order valence-electron chi connectivity index (χ1n) is 6.05. The number of hydrogen-bond donors (Lipinski definition) is 0.